The molecule has 15 heavy (non-hydrogen) atoms. The SMILES string of the molecule is CC(CNS(=O)(=O)CC1CC1)C(N)=NO. The van der Waals surface area contributed by atoms with Gasteiger partial charge in [-0.25, -0.2) is 13.1 Å². The molecule has 6 nitrogen and oxygen atoms in total. The summed E-state index contributed by atoms with van der Waals surface area (Å²) in [6.45, 7) is 1.86. The molecule has 0 aromatic heterocycles. The molecule has 1 saturated carbocycles. The van der Waals surface area contributed by atoms with Gasteiger partial charge in [-0.3, -0.25) is 0 Å². The normalized spacial score (nSPS) is 20.2. The Morgan fingerprint density at radius 2 is 2.27 bits per heavy atom. The van der Waals surface area contributed by atoms with Gasteiger partial charge in [-0.05, 0) is 18.8 Å². The number of hydrogen-bond donors (Lipinski definition) is 3. The van der Waals surface area contributed by atoms with E-state index in [2.05, 4.69) is 9.88 Å². The highest BCUT2D eigenvalue weighted by Crippen LogP contribution is 2.29. The molecule has 1 aliphatic carbocycles. The predicted molar refractivity (Wildman–Crippen MR) is 57.1 cm³/mol. The number of nitrogens with zero attached hydrogens (tertiary/aromatic N) is 1. The van der Waals surface area contributed by atoms with E-state index in [4.69, 9.17) is 10.9 Å². The fourth-order valence-electron chi connectivity index (χ4n) is 1.11. The van der Waals surface area contributed by atoms with Crippen LogP contribution in [0.3, 0.4) is 0 Å². The van der Waals surface area contributed by atoms with Crippen molar-refractivity contribution in [1.82, 2.24) is 4.72 Å². The lowest BCUT2D eigenvalue weighted by molar-refractivity contribution is 0.314. The number of rotatable bonds is 6. The smallest absolute Gasteiger partial charge is 0.211 e. The first kappa shape index (κ1) is 12.3. The van der Waals surface area contributed by atoms with Gasteiger partial charge in [-0.1, -0.05) is 12.1 Å². The number of oxime groups is 1. The van der Waals surface area contributed by atoms with Crippen molar-refractivity contribution in [2.45, 2.75) is 19.8 Å². The minimum Gasteiger partial charge on any atom is -0.409 e. The van der Waals surface area contributed by atoms with Gasteiger partial charge in [0.25, 0.3) is 0 Å². The van der Waals surface area contributed by atoms with Gasteiger partial charge in [-0.2, -0.15) is 0 Å². The third kappa shape index (κ3) is 4.48. The molecule has 1 atom stereocenters. The van der Waals surface area contributed by atoms with Gasteiger partial charge in [-0.15, -0.1) is 0 Å². The average Bonchev–Trinajstić information content (AvgIpc) is 2.96. The zero-order chi connectivity index (χ0) is 11.5. The summed E-state index contributed by atoms with van der Waals surface area (Å²) >= 11 is 0. The van der Waals surface area contributed by atoms with Gasteiger partial charge in [0, 0.05) is 12.5 Å². The highest BCUT2D eigenvalue weighted by Gasteiger charge is 2.28. The summed E-state index contributed by atoms with van der Waals surface area (Å²) in [4.78, 5) is 0. The highest BCUT2D eigenvalue weighted by atomic mass is 32.2. The molecule has 0 saturated heterocycles. The van der Waals surface area contributed by atoms with Crippen LogP contribution >= 0.6 is 0 Å². The van der Waals surface area contributed by atoms with Gasteiger partial charge in [0.1, 0.15) is 5.84 Å². The molecule has 1 unspecified atom stereocenters. The Bertz CT molecular complexity index is 335. The van der Waals surface area contributed by atoms with Gasteiger partial charge in [0.15, 0.2) is 0 Å². The second kappa shape index (κ2) is 4.80. The Kier molecular flexibility index (Phi) is 3.92. The number of amidine groups is 1. The summed E-state index contributed by atoms with van der Waals surface area (Å²) in [5.41, 5.74) is 5.32. The van der Waals surface area contributed by atoms with Crippen LogP contribution in [0.2, 0.25) is 0 Å². The number of hydrogen-bond acceptors (Lipinski definition) is 4. The first-order valence-corrected chi connectivity index (χ1v) is 6.54. The van der Waals surface area contributed by atoms with E-state index in [1.54, 1.807) is 6.92 Å². The van der Waals surface area contributed by atoms with Crippen molar-refractivity contribution >= 4 is 15.9 Å². The molecule has 88 valence electrons. The molecule has 0 heterocycles. The third-order valence-corrected chi connectivity index (χ3v) is 3.90. The van der Waals surface area contributed by atoms with Crippen LogP contribution < -0.4 is 10.5 Å². The van der Waals surface area contributed by atoms with Gasteiger partial charge < -0.3 is 10.9 Å². The molecular weight excluding hydrogens is 218 g/mol. The molecule has 0 radical (unpaired) electrons. The Morgan fingerprint density at radius 3 is 2.73 bits per heavy atom. The lowest BCUT2D eigenvalue weighted by atomic mass is 10.2. The molecule has 1 fully saturated rings. The lowest BCUT2D eigenvalue weighted by Gasteiger charge is -2.11. The van der Waals surface area contributed by atoms with Crippen LogP contribution in [0.25, 0.3) is 0 Å². The maximum Gasteiger partial charge on any atom is 0.211 e. The Morgan fingerprint density at radius 1 is 1.67 bits per heavy atom. The Hall–Kier alpha value is -0.820. The van der Waals surface area contributed by atoms with E-state index in [0.29, 0.717) is 5.92 Å². The first-order valence-electron chi connectivity index (χ1n) is 4.89. The summed E-state index contributed by atoms with van der Waals surface area (Å²) in [6.07, 6.45) is 1.99. The van der Waals surface area contributed by atoms with E-state index in [1.165, 1.54) is 0 Å². The molecule has 0 spiro atoms. The second-order valence-corrected chi connectivity index (χ2v) is 5.85. The molecule has 0 aliphatic heterocycles. The van der Waals surface area contributed by atoms with Crippen molar-refractivity contribution in [3.05, 3.63) is 0 Å². The molecule has 4 N–H and O–H groups in total. The van der Waals surface area contributed by atoms with E-state index in [9.17, 15) is 8.42 Å². The number of sulfonamides is 1. The number of nitrogens with two attached hydrogens (primary N) is 1. The molecule has 0 aromatic rings. The average molecular weight is 235 g/mol. The Balaban J connectivity index is 2.34. The zero-order valence-electron chi connectivity index (χ0n) is 8.68. The molecule has 0 amide bonds. The summed E-state index contributed by atoms with van der Waals surface area (Å²) in [5, 5.41) is 11.2. The van der Waals surface area contributed by atoms with Crippen molar-refractivity contribution in [2.24, 2.45) is 22.7 Å². The van der Waals surface area contributed by atoms with Crippen LogP contribution in [0.15, 0.2) is 5.16 Å². The Labute approximate surface area is 89.6 Å². The van der Waals surface area contributed by atoms with Gasteiger partial charge >= 0.3 is 0 Å². The molecule has 1 rings (SSSR count). The second-order valence-electron chi connectivity index (χ2n) is 4.00. The maximum absolute atomic E-state index is 11.4. The van der Waals surface area contributed by atoms with Crippen LogP contribution in [0.5, 0.6) is 0 Å². The predicted octanol–water partition coefficient (Wildman–Crippen LogP) is -0.302. The molecule has 7 heteroatoms. The van der Waals surface area contributed by atoms with Gasteiger partial charge in [0.05, 0.1) is 5.75 Å². The fourth-order valence-corrected chi connectivity index (χ4v) is 2.68. The monoisotopic (exact) mass is 235 g/mol. The minimum atomic E-state index is -3.20. The van der Waals surface area contributed by atoms with Crippen LogP contribution in [0.4, 0.5) is 0 Å². The third-order valence-electron chi connectivity index (χ3n) is 2.38. The summed E-state index contributed by atoms with van der Waals surface area (Å²) in [6, 6.07) is 0. The molecule has 1 aliphatic rings. The zero-order valence-corrected chi connectivity index (χ0v) is 9.50. The van der Waals surface area contributed by atoms with E-state index < -0.39 is 10.0 Å². The highest BCUT2D eigenvalue weighted by molar-refractivity contribution is 7.89. The first-order chi connectivity index (χ1) is 6.94. The van der Waals surface area contributed by atoms with Gasteiger partial charge in [0.2, 0.25) is 10.0 Å². The van der Waals surface area contributed by atoms with Crippen molar-refractivity contribution in [3.63, 3.8) is 0 Å². The largest absolute Gasteiger partial charge is 0.409 e. The van der Waals surface area contributed by atoms with Crippen molar-refractivity contribution in [3.8, 4) is 0 Å². The minimum absolute atomic E-state index is 0.0316. The van der Waals surface area contributed by atoms with E-state index in [1.807, 2.05) is 0 Å². The van der Waals surface area contributed by atoms with Crippen molar-refractivity contribution < 1.29 is 13.6 Å². The molecular formula is C8H17N3O3S. The van der Waals surface area contributed by atoms with E-state index >= 15 is 0 Å². The van der Waals surface area contributed by atoms with Crippen LogP contribution in [0.1, 0.15) is 19.8 Å². The summed E-state index contributed by atoms with van der Waals surface area (Å²) in [7, 11) is -3.20. The molecule has 0 bridgehead atoms. The topological polar surface area (TPSA) is 105 Å². The number of nitrogens with one attached hydrogen (secondary N) is 1. The van der Waals surface area contributed by atoms with Crippen molar-refractivity contribution in [2.75, 3.05) is 12.3 Å². The van der Waals surface area contributed by atoms with Crippen molar-refractivity contribution in [1.29, 1.82) is 0 Å². The van der Waals surface area contributed by atoms with E-state index in [-0.39, 0.29) is 24.1 Å². The maximum atomic E-state index is 11.4. The fraction of sp³-hybridized carbons (Fsp3) is 0.875. The standard InChI is InChI=1S/C8H17N3O3S/c1-6(8(9)11-12)4-10-15(13,14)5-7-2-3-7/h6-7,10,12H,2-5H2,1H3,(H2,9,11). The lowest BCUT2D eigenvalue weighted by Crippen LogP contribution is -2.36. The summed E-state index contributed by atoms with van der Waals surface area (Å²) in [5.74, 6) is 0.241. The van der Waals surface area contributed by atoms with Crippen LogP contribution in [0, 0.1) is 11.8 Å². The van der Waals surface area contributed by atoms with E-state index in [0.717, 1.165) is 12.8 Å². The van der Waals surface area contributed by atoms with Crippen LogP contribution in [-0.4, -0.2) is 31.8 Å². The quantitative estimate of drug-likeness (QED) is 0.254. The molecule has 0 aromatic carbocycles. The van der Waals surface area contributed by atoms with Crippen LogP contribution in [-0.2, 0) is 10.0 Å². The summed E-state index contributed by atoms with van der Waals surface area (Å²) < 4.78 is 25.3.